The monoisotopic (exact) mass is 305 g/mol. The quantitative estimate of drug-likeness (QED) is 0.863. The Morgan fingerprint density at radius 3 is 2.45 bits per heavy atom. The molecule has 5 atom stereocenters. The molecule has 1 aliphatic heterocycles. The lowest BCUT2D eigenvalue weighted by atomic mass is 9.92. The molecule has 1 heterocycles. The maximum atomic E-state index is 12.8. The molecule has 0 spiro atoms. The van der Waals surface area contributed by atoms with E-state index in [-0.39, 0.29) is 5.92 Å². The fourth-order valence-electron chi connectivity index (χ4n) is 5.81. The Balaban J connectivity index is 1.31. The Kier molecular flexibility index (Phi) is 4.16. The molecule has 0 radical (unpaired) electrons. The van der Waals surface area contributed by atoms with Gasteiger partial charge in [0.25, 0.3) is 0 Å². The number of piperazine rings is 1. The summed E-state index contributed by atoms with van der Waals surface area (Å²) >= 11 is 0. The Morgan fingerprint density at radius 1 is 1.00 bits per heavy atom. The molecule has 124 valence electrons. The number of hydrogen-bond donors (Lipinski definition) is 1. The summed E-state index contributed by atoms with van der Waals surface area (Å²) in [7, 11) is 0. The van der Waals surface area contributed by atoms with Crippen molar-refractivity contribution in [3.05, 3.63) is 0 Å². The molecular weight excluding hydrogens is 274 g/mol. The van der Waals surface area contributed by atoms with Gasteiger partial charge in [-0.05, 0) is 56.4 Å². The van der Waals surface area contributed by atoms with Gasteiger partial charge in [-0.25, -0.2) is 0 Å². The summed E-state index contributed by atoms with van der Waals surface area (Å²) in [5.74, 6) is 3.04. The SMILES string of the molecule is NC[C@H]1CCC[C@H]1C(=O)N1CCN(C2CC3CCC2C3)CC1. The minimum absolute atomic E-state index is 0.221. The highest BCUT2D eigenvalue weighted by Gasteiger charge is 2.43. The van der Waals surface area contributed by atoms with Crippen molar-refractivity contribution in [2.24, 2.45) is 29.4 Å². The van der Waals surface area contributed by atoms with Gasteiger partial charge in [-0.2, -0.15) is 0 Å². The van der Waals surface area contributed by atoms with Gasteiger partial charge in [0.1, 0.15) is 0 Å². The predicted octanol–water partition coefficient (Wildman–Crippen LogP) is 1.69. The van der Waals surface area contributed by atoms with Gasteiger partial charge < -0.3 is 10.6 Å². The molecule has 1 saturated heterocycles. The minimum atomic E-state index is 0.221. The molecule has 3 aliphatic carbocycles. The van der Waals surface area contributed by atoms with E-state index in [0.29, 0.717) is 18.4 Å². The van der Waals surface area contributed by atoms with Gasteiger partial charge >= 0.3 is 0 Å². The van der Waals surface area contributed by atoms with Crippen LogP contribution in [0.2, 0.25) is 0 Å². The normalized spacial score (nSPS) is 42.2. The standard InChI is InChI=1S/C18H31N3O/c19-12-15-2-1-3-16(15)18(22)21-8-6-20(7-9-21)17-11-13-4-5-14(17)10-13/h13-17H,1-12,19H2/t13?,14?,15-,16-,17?/m1/s1. The third-order valence-electron chi connectivity index (χ3n) is 7.07. The maximum absolute atomic E-state index is 12.8. The molecule has 0 aromatic heterocycles. The highest BCUT2D eigenvalue weighted by molar-refractivity contribution is 5.79. The topological polar surface area (TPSA) is 49.6 Å². The highest BCUT2D eigenvalue weighted by Crippen LogP contribution is 2.46. The van der Waals surface area contributed by atoms with Crippen LogP contribution in [-0.2, 0) is 4.79 Å². The molecule has 4 aliphatic rings. The van der Waals surface area contributed by atoms with E-state index in [4.69, 9.17) is 5.73 Å². The van der Waals surface area contributed by atoms with E-state index in [2.05, 4.69) is 9.80 Å². The highest BCUT2D eigenvalue weighted by atomic mass is 16.2. The molecular formula is C18H31N3O. The molecule has 4 rings (SSSR count). The van der Waals surface area contributed by atoms with Crippen LogP contribution in [-0.4, -0.2) is 54.5 Å². The van der Waals surface area contributed by atoms with Crippen molar-refractivity contribution in [3.63, 3.8) is 0 Å². The fraction of sp³-hybridized carbons (Fsp3) is 0.944. The van der Waals surface area contributed by atoms with Gasteiger partial charge in [0.2, 0.25) is 5.91 Å². The second-order valence-electron chi connectivity index (χ2n) is 8.14. The summed E-state index contributed by atoms with van der Waals surface area (Å²) in [6, 6.07) is 0.833. The number of amides is 1. The number of nitrogens with zero attached hydrogens (tertiary/aromatic N) is 2. The zero-order chi connectivity index (χ0) is 15.1. The molecule has 0 aromatic carbocycles. The summed E-state index contributed by atoms with van der Waals surface area (Å²) in [6.45, 7) is 4.77. The first-order chi connectivity index (χ1) is 10.8. The largest absolute Gasteiger partial charge is 0.340 e. The van der Waals surface area contributed by atoms with Gasteiger partial charge in [0.05, 0.1) is 0 Å². The van der Waals surface area contributed by atoms with Crippen LogP contribution in [0.1, 0.15) is 44.9 Å². The molecule has 1 amide bonds. The molecule has 22 heavy (non-hydrogen) atoms. The Labute approximate surface area is 134 Å². The van der Waals surface area contributed by atoms with Crippen LogP contribution >= 0.6 is 0 Å². The zero-order valence-electron chi connectivity index (χ0n) is 13.8. The van der Waals surface area contributed by atoms with Crippen LogP contribution in [0.3, 0.4) is 0 Å². The van der Waals surface area contributed by atoms with Crippen molar-refractivity contribution < 1.29 is 4.79 Å². The Hall–Kier alpha value is -0.610. The fourth-order valence-corrected chi connectivity index (χ4v) is 5.81. The summed E-state index contributed by atoms with van der Waals surface area (Å²) in [6.07, 6.45) is 9.23. The van der Waals surface area contributed by atoms with Crippen molar-refractivity contribution in [2.45, 2.75) is 51.0 Å². The van der Waals surface area contributed by atoms with Crippen LogP contribution in [0.5, 0.6) is 0 Å². The van der Waals surface area contributed by atoms with Crippen molar-refractivity contribution in [3.8, 4) is 0 Å². The minimum Gasteiger partial charge on any atom is -0.340 e. The maximum Gasteiger partial charge on any atom is 0.226 e. The summed E-state index contributed by atoms with van der Waals surface area (Å²) < 4.78 is 0. The van der Waals surface area contributed by atoms with E-state index in [1.54, 1.807) is 0 Å². The first-order valence-corrected chi connectivity index (χ1v) is 9.49. The summed E-state index contributed by atoms with van der Waals surface area (Å²) in [5, 5.41) is 0. The number of fused-ring (bicyclic) bond motifs is 2. The molecule has 2 bridgehead atoms. The number of carbonyl (C=O) groups is 1. The molecule has 3 unspecified atom stereocenters. The second-order valence-corrected chi connectivity index (χ2v) is 8.14. The number of nitrogens with two attached hydrogens (primary N) is 1. The molecule has 0 aromatic rings. The first-order valence-electron chi connectivity index (χ1n) is 9.49. The molecule has 3 saturated carbocycles. The van der Waals surface area contributed by atoms with E-state index in [1.807, 2.05) is 0 Å². The van der Waals surface area contributed by atoms with Crippen molar-refractivity contribution in [1.29, 1.82) is 0 Å². The Morgan fingerprint density at radius 2 is 1.82 bits per heavy atom. The predicted molar refractivity (Wildman–Crippen MR) is 87.3 cm³/mol. The van der Waals surface area contributed by atoms with Crippen molar-refractivity contribution in [1.82, 2.24) is 9.80 Å². The lowest BCUT2D eigenvalue weighted by Gasteiger charge is -2.42. The average molecular weight is 305 g/mol. The van der Waals surface area contributed by atoms with Crippen LogP contribution in [0, 0.1) is 23.7 Å². The summed E-state index contributed by atoms with van der Waals surface area (Å²) in [4.78, 5) is 17.6. The molecule has 2 N–H and O–H groups in total. The summed E-state index contributed by atoms with van der Waals surface area (Å²) in [5.41, 5.74) is 5.85. The Bertz CT molecular complexity index is 419. The lowest BCUT2D eigenvalue weighted by molar-refractivity contribution is -0.138. The third-order valence-corrected chi connectivity index (χ3v) is 7.07. The van der Waals surface area contributed by atoms with Crippen molar-refractivity contribution in [2.75, 3.05) is 32.7 Å². The van der Waals surface area contributed by atoms with E-state index >= 15 is 0 Å². The van der Waals surface area contributed by atoms with Gasteiger partial charge in [0, 0.05) is 38.1 Å². The van der Waals surface area contributed by atoms with E-state index in [9.17, 15) is 4.79 Å². The van der Waals surface area contributed by atoms with Gasteiger partial charge in [-0.3, -0.25) is 9.69 Å². The van der Waals surface area contributed by atoms with Crippen molar-refractivity contribution >= 4 is 5.91 Å². The second kappa shape index (κ2) is 6.12. The molecule has 4 heteroatoms. The third kappa shape index (κ3) is 2.58. The number of carbonyl (C=O) groups excluding carboxylic acids is 1. The first kappa shape index (κ1) is 14.9. The number of rotatable bonds is 3. The number of hydrogen-bond acceptors (Lipinski definition) is 3. The van der Waals surface area contributed by atoms with Crippen LogP contribution in [0.25, 0.3) is 0 Å². The lowest BCUT2D eigenvalue weighted by Crippen LogP contribution is -2.54. The van der Waals surface area contributed by atoms with Gasteiger partial charge in [0.15, 0.2) is 0 Å². The van der Waals surface area contributed by atoms with Gasteiger partial charge in [-0.1, -0.05) is 12.8 Å². The molecule has 4 nitrogen and oxygen atoms in total. The van der Waals surface area contributed by atoms with Crippen LogP contribution in [0.15, 0.2) is 0 Å². The van der Waals surface area contributed by atoms with Crippen LogP contribution in [0.4, 0.5) is 0 Å². The van der Waals surface area contributed by atoms with E-state index < -0.39 is 0 Å². The van der Waals surface area contributed by atoms with E-state index in [0.717, 1.165) is 56.9 Å². The smallest absolute Gasteiger partial charge is 0.226 e. The van der Waals surface area contributed by atoms with Gasteiger partial charge in [-0.15, -0.1) is 0 Å². The van der Waals surface area contributed by atoms with Crippen LogP contribution < -0.4 is 5.73 Å². The van der Waals surface area contributed by atoms with E-state index in [1.165, 1.54) is 32.1 Å². The zero-order valence-corrected chi connectivity index (χ0v) is 13.8. The average Bonchev–Trinajstić information content (AvgIpc) is 3.29. The molecule has 4 fully saturated rings.